The molecule has 0 amide bonds. The molecule has 0 radical (unpaired) electrons. The number of carbonyl (C=O) groups is 1. The number of nitrogens with two attached hydrogens (primary N) is 1. The predicted octanol–water partition coefficient (Wildman–Crippen LogP) is 0.254. The average Bonchev–Trinajstić information content (AvgIpc) is 2.17. The number of hydrogen-bond acceptors (Lipinski definition) is 4. The number of ether oxygens (including phenoxy) is 1. The second-order valence-electron chi connectivity index (χ2n) is 2.29. The molecule has 0 aromatic carbocycles. The average molecular weight is 166 g/mol. The zero-order chi connectivity index (χ0) is 8.97. The van der Waals surface area contributed by atoms with Crippen molar-refractivity contribution in [1.29, 1.82) is 0 Å². The van der Waals surface area contributed by atoms with Gasteiger partial charge < -0.3 is 10.5 Å². The predicted molar refractivity (Wildman–Crippen MR) is 43.2 cm³/mol. The molecule has 0 spiro atoms. The molecule has 4 heteroatoms. The van der Waals surface area contributed by atoms with Gasteiger partial charge in [0.15, 0.2) is 0 Å². The maximum atomic E-state index is 10.9. The Bertz CT molecular complexity index is 261. The van der Waals surface area contributed by atoms with Crippen molar-refractivity contribution in [2.45, 2.75) is 6.04 Å². The van der Waals surface area contributed by atoms with Crippen molar-refractivity contribution in [2.24, 2.45) is 5.73 Å². The molecule has 0 aliphatic heterocycles. The van der Waals surface area contributed by atoms with Gasteiger partial charge in [-0.3, -0.25) is 9.78 Å². The third-order valence-corrected chi connectivity index (χ3v) is 1.50. The summed E-state index contributed by atoms with van der Waals surface area (Å²) in [4.78, 5) is 14.8. The molecule has 1 aromatic rings. The van der Waals surface area contributed by atoms with Crippen LogP contribution in [0, 0.1) is 0 Å². The summed E-state index contributed by atoms with van der Waals surface area (Å²) in [5, 5.41) is 0. The van der Waals surface area contributed by atoms with Crippen LogP contribution < -0.4 is 5.73 Å². The summed E-state index contributed by atoms with van der Waals surface area (Å²) in [7, 11) is 1.30. The van der Waals surface area contributed by atoms with Crippen LogP contribution >= 0.6 is 0 Å². The standard InChI is InChI=1S/C8H10N2O2/c1-12-8(11)7(9)6-3-2-4-10-5-6/h2-5,7H,9H2,1H3. The van der Waals surface area contributed by atoms with E-state index in [1.54, 1.807) is 24.5 Å². The minimum Gasteiger partial charge on any atom is -0.468 e. The van der Waals surface area contributed by atoms with Crippen LogP contribution in [0.1, 0.15) is 11.6 Å². The van der Waals surface area contributed by atoms with Gasteiger partial charge in [-0.05, 0) is 11.6 Å². The lowest BCUT2D eigenvalue weighted by Gasteiger charge is -2.07. The number of aromatic nitrogens is 1. The van der Waals surface area contributed by atoms with E-state index in [0.717, 1.165) is 0 Å². The number of rotatable bonds is 2. The van der Waals surface area contributed by atoms with Crippen LogP contribution in [-0.4, -0.2) is 18.1 Å². The van der Waals surface area contributed by atoms with Crippen molar-refractivity contribution >= 4 is 5.97 Å². The molecule has 0 saturated carbocycles. The van der Waals surface area contributed by atoms with Gasteiger partial charge in [0.1, 0.15) is 6.04 Å². The smallest absolute Gasteiger partial charge is 0.327 e. The van der Waals surface area contributed by atoms with E-state index in [1.807, 2.05) is 0 Å². The van der Waals surface area contributed by atoms with E-state index in [1.165, 1.54) is 7.11 Å². The first kappa shape index (κ1) is 8.67. The SMILES string of the molecule is COC(=O)C(N)c1cccnc1. The number of esters is 1. The second kappa shape index (κ2) is 3.82. The highest BCUT2D eigenvalue weighted by atomic mass is 16.5. The lowest BCUT2D eigenvalue weighted by atomic mass is 10.1. The minimum atomic E-state index is -0.733. The molecule has 1 unspecified atom stereocenters. The quantitative estimate of drug-likeness (QED) is 0.640. The molecule has 4 nitrogen and oxygen atoms in total. The summed E-state index contributed by atoms with van der Waals surface area (Å²) in [6.45, 7) is 0. The number of pyridine rings is 1. The Labute approximate surface area is 70.4 Å². The molecule has 12 heavy (non-hydrogen) atoms. The fourth-order valence-corrected chi connectivity index (χ4v) is 0.823. The Kier molecular flexibility index (Phi) is 2.76. The fraction of sp³-hybridized carbons (Fsp3) is 0.250. The van der Waals surface area contributed by atoms with Crippen LogP contribution in [0.2, 0.25) is 0 Å². The molecular formula is C8H10N2O2. The van der Waals surface area contributed by atoms with Gasteiger partial charge in [-0.15, -0.1) is 0 Å². The molecular weight excluding hydrogens is 156 g/mol. The first-order chi connectivity index (χ1) is 5.75. The lowest BCUT2D eigenvalue weighted by Crippen LogP contribution is -2.22. The van der Waals surface area contributed by atoms with E-state index in [4.69, 9.17) is 5.73 Å². The zero-order valence-electron chi connectivity index (χ0n) is 6.73. The van der Waals surface area contributed by atoms with Gasteiger partial charge in [0.2, 0.25) is 0 Å². The third-order valence-electron chi connectivity index (χ3n) is 1.50. The Balaban J connectivity index is 2.78. The van der Waals surface area contributed by atoms with Crippen LogP contribution in [0.25, 0.3) is 0 Å². The van der Waals surface area contributed by atoms with Gasteiger partial charge in [0.05, 0.1) is 7.11 Å². The van der Waals surface area contributed by atoms with Crippen molar-refractivity contribution in [3.8, 4) is 0 Å². The van der Waals surface area contributed by atoms with E-state index >= 15 is 0 Å². The van der Waals surface area contributed by atoms with Gasteiger partial charge in [-0.25, -0.2) is 0 Å². The van der Waals surface area contributed by atoms with Crippen molar-refractivity contribution in [1.82, 2.24) is 4.98 Å². The van der Waals surface area contributed by atoms with Gasteiger partial charge >= 0.3 is 5.97 Å². The molecule has 1 rings (SSSR count). The van der Waals surface area contributed by atoms with Crippen LogP contribution in [0.3, 0.4) is 0 Å². The summed E-state index contributed by atoms with van der Waals surface area (Å²) in [5.74, 6) is -0.456. The molecule has 0 aliphatic carbocycles. The summed E-state index contributed by atoms with van der Waals surface area (Å²) >= 11 is 0. The molecule has 0 saturated heterocycles. The number of hydrogen-bond donors (Lipinski definition) is 1. The van der Waals surface area contributed by atoms with E-state index in [9.17, 15) is 4.79 Å². The Morgan fingerprint density at radius 3 is 3.00 bits per heavy atom. The first-order valence-corrected chi connectivity index (χ1v) is 3.49. The summed E-state index contributed by atoms with van der Waals surface area (Å²) in [5.41, 5.74) is 6.19. The molecule has 1 atom stereocenters. The molecule has 0 fully saturated rings. The summed E-state index contributed by atoms with van der Waals surface area (Å²) in [6.07, 6.45) is 3.16. The monoisotopic (exact) mass is 166 g/mol. The van der Waals surface area contributed by atoms with E-state index in [2.05, 4.69) is 9.72 Å². The highest BCUT2D eigenvalue weighted by molar-refractivity contribution is 5.76. The van der Waals surface area contributed by atoms with Crippen molar-refractivity contribution in [2.75, 3.05) is 7.11 Å². The van der Waals surface area contributed by atoms with E-state index in [-0.39, 0.29) is 0 Å². The van der Waals surface area contributed by atoms with Crippen LogP contribution in [0.15, 0.2) is 24.5 Å². The third kappa shape index (κ3) is 1.79. The largest absolute Gasteiger partial charge is 0.468 e. The molecule has 1 aromatic heterocycles. The topological polar surface area (TPSA) is 65.2 Å². The van der Waals surface area contributed by atoms with Crippen molar-refractivity contribution < 1.29 is 9.53 Å². The molecule has 2 N–H and O–H groups in total. The van der Waals surface area contributed by atoms with Crippen molar-refractivity contribution in [3.05, 3.63) is 30.1 Å². The molecule has 1 heterocycles. The second-order valence-corrected chi connectivity index (χ2v) is 2.29. The molecule has 0 bridgehead atoms. The fourth-order valence-electron chi connectivity index (χ4n) is 0.823. The van der Waals surface area contributed by atoms with Crippen molar-refractivity contribution in [3.63, 3.8) is 0 Å². The Hall–Kier alpha value is -1.42. The van der Waals surface area contributed by atoms with Gasteiger partial charge in [0.25, 0.3) is 0 Å². The van der Waals surface area contributed by atoms with Gasteiger partial charge in [-0.2, -0.15) is 0 Å². The highest BCUT2D eigenvalue weighted by Gasteiger charge is 2.15. The number of methoxy groups -OCH3 is 1. The summed E-state index contributed by atoms with van der Waals surface area (Å²) < 4.78 is 4.47. The molecule has 64 valence electrons. The summed E-state index contributed by atoms with van der Waals surface area (Å²) in [6, 6.07) is 2.72. The number of carbonyl (C=O) groups excluding carboxylic acids is 1. The number of nitrogens with zero attached hydrogens (tertiary/aromatic N) is 1. The molecule has 0 aliphatic rings. The first-order valence-electron chi connectivity index (χ1n) is 3.49. The van der Waals surface area contributed by atoms with E-state index < -0.39 is 12.0 Å². The Morgan fingerprint density at radius 1 is 1.75 bits per heavy atom. The Morgan fingerprint density at radius 2 is 2.50 bits per heavy atom. The van der Waals surface area contributed by atoms with Crippen LogP contribution in [0.4, 0.5) is 0 Å². The highest BCUT2D eigenvalue weighted by Crippen LogP contribution is 2.08. The van der Waals surface area contributed by atoms with Gasteiger partial charge in [-0.1, -0.05) is 6.07 Å². The lowest BCUT2D eigenvalue weighted by molar-refractivity contribution is -0.142. The zero-order valence-corrected chi connectivity index (χ0v) is 6.73. The van der Waals surface area contributed by atoms with Gasteiger partial charge in [0, 0.05) is 12.4 Å². The van der Waals surface area contributed by atoms with Crippen LogP contribution in [-0.2, 0) is 9.53 Å². The maximum Gasteiger partial charge on any atom is 0.327 e. The van der Waals surface area contributed by atoms with E-state index in [0.29, 0.717) is 5.56 Å². The minimum absolute atomic E-state index is 0.456. The van der Waals surface area contributed by atoms with Crippen LogP contribution in [0.5, 0.6) is 0 Å². The normalized spacial score (nSPS) is 12.2. The maximum absolute atomic E-state index is 10.9.